The van der Waals surface area contributed by atoms with Crippen LogP contribution in [0.25, 0.3) is 22.4 Å². The molecule has 1 N–H and O–H groups in total. The van der Waals surface area contributed by atoms with Gasteiger partial charge in [0.15, 0.2) is 28.8 Å². The number of amides is 1. The molecule has 0 radical (unpaired) electrons. The van der Waals surface area contributed by atoms with Crippen molar-refractivity contribution in [2.75, 3.05) is 25.7 Å². The molecule has 186 valence electrons. The second kappa shape index (κ2) is 9.36. The van der Waals surface area contributed by atoms with E-state index in [0.717, 1.165) is 11.6 Å². The summed E-state index contributed by atoms with van der Waals surface area (Å²) in [5.74, 6) is -2.13. The summed E-state index contributed by atoms with van der Waals surface area (Å²) in [5.41, 5.74) is 1.68. The van der Waals surface area contributed by atoms with Gasteiger partial charge in [-0.3, -0.25) is 14.5 Å². The van der Waals surface area contributed by atoms with Gasteiger partial charge in [-0.1, -0.05) is 0 Å². The van der Waals surface area contributed by atoms with Crippen molar-refractivity contribution in [2.24, 2.45) is 7.05 Å². The zero-order chi connectivity index (χ0) is 25.4. The fraction of sp³-hybridized carbons (Fsp3) is 0.292. The van der Waals surface area contributed by atoms with Crippen LogP contribution in [0, 0.1) is 11.6 Å². The predicted molar refractivity (Wildman–Crippen MR) is 127 cm³/mol. The number of benzene rings is 1. The van der Waals surface area contributed by atoms with Gasteiger partial charge in [0.05, 0.1) is 32.3 Å². The van der Waals surface area contributed by atoms with Crippen LogP contribution in [-0.4, -0.2) is 57.4 Å². The molecule has 36 heavy (non-hydrogen) atoms. The van der Waals surface area contributed by atoms with E-state index in [2.05, 4.69) is 25.4 Å². The van der Waals surface area contributed by atoms with Crippen LogP contribution in [0.5, 0.6) is 11.5 Å². The van der Waals surface area contributed by atoms with Gasteiger partial charge in [0, 0.05) is 43.9 Å². The van der Waals surface area contributed by atoms with E-state index in [-0.39, 0.29) is 41.5 Å². The Kier molecular flexibility index (Phi) is 6.08. The molecule has 1 aliphatic rings. The number of rotatable bonds is 7. The average molecular weight is 495 g/mol. The number of methoxy groups -OCH3 is 2. The fourth-order valence-corrected chi connectivity index (χ4v) is 4.17. The molecular formula is C24H23F2N7O3. The lowest BCUT2D eigenvalue weighted by molar-refractivity contribution is -0.119. The van der Waals surface area contributed by atoms with Gasteiger partial charge in [-0.05, 0) is 18.6 Å². The Bertz CT molecular complexity index is 1430. The standard InChI is InChI=1S/C24H23F2N7O3/c1-32-11-13(9-28-32)16-10-27-15-5-6-19(31-24(15)30-16)33(12-14-4-7-20(34)29-14)23-21(25)17(35-2)8-18(36-3)22(23)26/h5-6,8-11,14H,4,7,12H2,1-3H3,(H,29,34). The number of ether oxygens (including phenoxy) is 2. The molecule has 1 aromatic carbocycles. The molecule has 1 fully saturated rings. The summed E-state index contributed by atoms with van der Waals surface area (Å²) in [6.07, 6.45) is 5.90. The second-order valence-electron chi connectivity index (χ2n) is 8.34. The summed E-state index contributed by atoms with van der Waals surface area (Å²) >= 11 is 0. The Morgan fingerprint density at radius 3 is 2.50 bits per heavy atom. The molecule has 12 heteroatoms. The van der Waals surface area contributed by atoms with Crippen LogP contribution in [0.1, 0.15) is 12.8 Å². The van der Waals surface area contributed by atoms with Crippen molar-refractivity contribution in [2.45, 2.75) is 18.9 Å². The number of nitrogens with zero attached hydrogens (tertiary/aromatic N) is 6. The summed E-state index contributed by atoms with van der Waals surface area (Å²) in [4.78, 5) is 26.8. The highest BCUT2D eigenvalue weighted by Crippen LogP contribution is 2.40. The van der Waals surface area contributed by atoms with Gasteiger partial charge in [0.1, 0.15) is 17.0 Å². The Labute approximate surface area is 204 Å². The molecule has 0 aliphatic carbocycles. The van der Waals surface area contributed by atoms with Gasteiger partial charge in [-0.2, -0.15) is 5.10 Å². The van der Waals surface area contributed by atoms with Gasteiger partial charge in [-0.15, -0.1) is 0 Å². The van der Waals surface area contributed by atoms with E-state index in [9.17, 15) is 4.79 Å². The van der Waals surface area contributed by atoms with Gasteiger partial charge in [0.2, 0.25) is 5.91 Å². The van der Waals surface area contributed by atoms with E-state index in [0.29, 0.717) is 24.1 Å². The summed E-state index contributed by atoms with van der Waals surface area (Å²) in [5, 5.41) is 6.99. The number of nitrogens with one attached hydrogen (secondary N) is 1. The number of carbonyl (C=O) groups excluding carboxylic acids is 1. The Balaban J connectivity index is 1.65. The molecule has 0 bridgehead atoms. The molecule has 1 atom stereocenters. The monoisotopic (exact) mass is 495 g/mol. The van der Waals surface area contributed by atoms with Crippen molar-refractivity contribution in [3.8, 4) is 22.8 Å². The topological polar surface area (TPSA) is 107 Å². The molecule has 10 nitrogen and oxygen atoms in total. The molecule has 4 heterocycles. The van der Waals surface area contributed by atoms with Gasteiger partial charge >= 0.3 is 0 Å². The van der Waals surface area contributed by atoms with Crippen LogP contribution >= 0.6 is 0 Å². The highest BCUT2D eigenvalue weighted by atomic mass is 19.1. The molecule has 5 rings (SSSR count). The van der Waals surface area contributed by atoms with Gasteiger partial charge in [-0.25, -0.2) is 18.7 Å². The van der Waals surface area contributed by atoms with Gasteiger partial charge in [0.25, 0.3) is 0 Å². The summed E-state index contributed by atoms with van der Waals surface area (Å²) in [7, 11) is 4.36. The van der Waals surface area contributed by atoms with Crippen LogP contribution in [0.4, 0.5) is 20.3 Å². The summed E-state index contributed by atoms with van der Waals surface area (Å²) < 4.78 is 42.9. The molecule has 3 aromatic heterocycles. The molecule has 1 aliphatic heterocycles. The van der Waals surface area contributed by atoms with Crippen LogP contribution in [0.2, 0.25) is 0 Å². The Morgan fingerprint density at radius 1 is 1.14 bits per heavy atom. The first-order chi connectivity index (χ1) is 17.4. The van der Waals surface area contributed by atoms with Crippen molar-refractivity contribution in [1.82, 2.24) is 30.0 Å². The highest BCUT2D eigenvalue weighted by molar-refractivity contribution is 5.79. The Morgan fingerprint density at radius 2 is 1.89 bits per heavy atom. The number of aryl methyl sites for hydroxylation is 1. The summed E-state index contributed by atoms with van der Waals surface area (Å²) in [6.45, 7) is 0.0597. The van der Waals surface area contributed by atoms with E-state index in [1.54, 1.807) is 42.5 Å². The first kappa shape index (κ1) is 23.4. The third-order valence-corrected chi connectivity index (χ3v) is 5.98. The highest BCUT2D eigenvalue weighted by Gasteiger charge is 2.31. The van der Waals surface area contributed by atoms with Crippen LogP contribution in [-0.2, 0) is 11.8 Å². The van der Waals surface area contributed by atoms with Crippen LogP contribution in [0.3, 0.4) is 0 Å². The fourth-order valence-electron chi connectivity index (χ4n) is 4.17. The van der Waals surface area contributed by atoms with Crippen molar-refractivity contribution < 1.29 is 23.0 Å². The van der Waals surface area contributed by atoms with E-state index < -0.39 is 17.3 Å². The van der Waals surface area contributed by atoms with Crippen molar-refractivity contribution >= 4 is 28.6 Å². The molecule has 1 unspecified atom stereocenters. The minimum atomic E-state index is -0.919. The van der Waals surface area contributed by atoms with Crippen LogP contribution in [0.15, 0.2) is 36.8 Å². The van der Waals surface area contributed by atoms with Crippen LogP contribution < -0.4 is 19.7 Å². The molecular weight excluding hydrogens is 472 g/mol. The zero-order valence-electron chi connectivity index (χ0n) is 19.8. The third-order valence-electron chi connectivity index (χ3n) is 5.98. The van der Waals surface area contributed by atoms with E-state index >= 15 is 8.78 Å². The maximum Gasteiger partial charge on any atom is 0.220 e. The lowest BCUT2D eigenvalue weighted by Gasteiger charge is -2.28. The minimum absolute atomic E-state index is 0.0597. The third kappa shape index (κ3) is 4.25. The maximum atomic E-state index is 15.5. The van der Waals surface area contributed by atoms with E-state index in [4.69, 9.17) is 9.47 Å². The number of hydrogen-bond donors (Lipinski definition) is 1. The summed E-state index contributed by atoms with van der Waals surface area (Å²) in [6, 6.07) is 4.07. The normalized spacial score (nSPS) is 15.2. The predicted octanol–water partition coefficient (Wildman–Crippen LogP) is 3.14. The number of pyridine rings is 1. The van der Waals surface area contributed by atoms with E-state index in [1.807, 2.05) is 0 Å². The number of carbonyl (C=O) groups is 1. The van der Waals surface area contributed by atoms with Gasteiger partial charge < -0.3 is 19.7 Å². The maximum absolute atomic E-state index is 15.5. The SMILES string of the molecule is COc1cc(OC)c(F)c(N(CC2CCC(=O)N2)c2ccc3ncc(-c4cnn(C)c4)nc3n2)c1F. The molecule has 1 saturated heterocycles. The van der Waals surface area contributed by atoms with E-state index in [1.165, 1.54) is 19.1 Å². The number of anilines is 2. The number of fused-ring (bicyclic) bond motifs is 1. The molecule has 1 amide bonds. The molecule has 0 spiro atoms. The largest absolute Gasteiger partial charge is 0.493 e. The number of halogens is 2. The first-order valence-corrected chi connectivity index (χ1v) is 11.2. The minimum Gasteiger partial charge on any atom is -0.493 e. The first-order valence-electron chi connectivity index (χ1n) is 11.2. The van der Waals surface area contributed by atoms with Crippen molar-refractivity contribution in [3.05, 3.63) is 48.4 Å². The molecule has 0 saturated carbocycles. The number of aromatic nitrogens is 5. The smallest absolute Gasteiger partial charge is 0.220 e. The lowest BCUT2D eigenvalue weighted by Crippen LogP contribution is -2.37. The van der Waals surface area contributed by atoms with Crippen molar-refractivity contribution in [3.63, 3.8) is 0 Å². The quantitative estimate of drug-likeness (QED) is 0.417. The Hall–Kier alpha value is -4.35. The molecule has 4 aromatic rings. The second-order valence-corrected chi connectivity index (χ2v) is 8.34. The average Bonchev–Trinajstić information content (AvgIpc) is 3.50. The number of hydrogen-bond acceptors (Lipinski definition) is 8. The lowest BCUT2D eigenvalue weighted by atomic mass is 10.1. The zero-order valence-corrected chi connectivity index (χ0v) is 19.8. The van der Waals surface area contributed by atoms with Crippen molar-refractivity contribution in [1.29, 1.82) is 0 Å².